The van der Waals surface area contributed by atoms with E-state index in [-0.39, 0.29) is 0 Å². The summed E-state index contributed by atoms with van der Waals surface area (Å²) in [6.07, 6.45) is 3.18. The van der Waals surface area contributed by atoms with Gasteiger partial charge in [0.25, 0.3) is 0 Å². The van der Waals surface area contributed by atoms with Crippen molar-refractivity contribution in [2.45, 2.75) is 59.4 Å². The molecule has 0 saturated carbocycles. The molecule has 1 aromatic rings. The van der Waals surface area contributed by atoms with Crippen LogP contribution in [0.5, 0.6) is 0 Å². The Labute approximate surface area is 104 Å². The molecule has 0 fully saturated rings. The molecule has 0 bridgehead atoms. The number of alkyl halides is 1. The first-order valence-electron chi connectivity index (χ1n) is 6.27. The highest BCUT2D eigenvalue weighted by Gasteiger charge is 2.14. The minimum atomic E-state index is 0.591. The van der Waals surface area contributed by atoms with E-state index in [1.54, 1.807) is 0 Å². The Morgan fingerprint density at radius 2 is 1.94 bits per heavy atom. The molecule has 1 rings (SSSR count). The second-order valence-corrected chi connectivity index (χ2v) is 4.89. The normalized spacial score (nSPS) is 11.4. The zero-order chi connectivity index (χ0) is 12.1. The summed E-state index contributed by atoms with van der Waals surface area (Å²) in [5, 5.41) is 4.67. The minimum absolute atomic E-state index is 0.591. The smallest absolute Gasteiger partial charge is 0.0668 e. The van der Waals surface area contributed by atoms with Gasteiger partial charge in [0, 0.05) is 17.8 Å². The third-order valence-corrected chi connectivity index (χ3v) is 3.24. The first-order valence-corrected chi connectivity index (χ1v) is 6.80. The number of rotatable bonds is 6. The van der Waals surface area contributed by atoms with Crippen LogP contribution in [0.4, 0.5) is 0 Å². The van der Waals surface area contributed by atoms with E-state index in [9.17, 15) is 0 Å². The molecule has 0 aliphatic heterocycles. The number of aryl methyl sites for hydroxylation is 2. The van der Waals surface area contributed by atoms with Gasteiger partial charge in [-0.05, 0) is 25.2 Å². The molecule has 92 valence electrons. The van der Waals surface area contributed by atoms with Gasteiger partial charge >= 0.3 is 0 Å². The summed E-state index contributed by atoms with van der Waals surface area (Å²) >= 11 is 6.02. The van der Waals surface area contributed by atoms with Crippen LogP contribution in [-0.2, 0) is 25.3 Å². The van der Waals surface area contributed by atoms with Crippen LogP contribution in [0.25, 0.3) is 0 Å². The zero-order valence-corrected chi connectivity index (χ0v) is 11.6. The Morgan fingerprint density at radius 3 is 2.38 bits per heavy atom. The highest BCUT2D eigenvalue weighted by atomic mass is 35.5. The SMILES string of the molecule is CCc1nn(CCC(C)C)c(CC)c1CCl. The molecule has 0 saturated heterocycles. The third-order valence-electron chi connectivity index (χ3n) is 2.97. The summed E-state index contributed by atoms with van der Waals surface area (Å²) in [6, 6.07) is 0. The molecule has 0 aromatic carbocycles. The predicted octanol–water partition coefficient (Wildman–Crippen LogP) is 3.79. The molecular formula is C13H23ClN2. The fourth-order valence-electron chi connectivity index (χ4n) is 1.99. The highest BCUT2D eigenvalue weighted by Crippen LogP contribution is 2.19. The topological polar surface area (TPSA) is 17.8 Å². The maximum absolute atomic E-state index is 6.02. The van der Waals surface area contributed by atoms with E-state index in [0.29, 0.717) is 5.88 Å². The first-order chi connectivity index (χ1) is 7.63. The summed E-state index contributed by atoms with van der Waals surface area (Å²) in [4.78, 5) is 0. The van der Waals surface area contributed by atoms with E-state index in [4.69, 9.17) is 11.6 Å². The lowest BCUT2D eigenvalue weighted by molar-refractivity contribution is 0.474. The Balaban J connectivity index is 2.94. The number of halogens is 1. The van der Waals surface area contributed by atoms with Crippen LogP contribution in [0.1, 0.15) is 51.1 Å². The molecule has 2 nitrogen and oxygen atoms in total. The fourth-order valence-corrected chi connectivity index (χ4v) is 2.30. The molecule has 1 heterocycles. The van der Waals surface area contributed by atoms with Crippen molar-refractivity contribution >= 4 is 11.6 Å². The maximum atomic E-state index is 6.02. The largest absolute Gasteiger partial charge is 0.269 e. The van der Waals surface area contributed by atoms with Gasteiger partial charge in [0.2, 0.25) is 0 Å². The summed E-state index contributed by atoms with van der Waals surface area (Å²) in [5.41, 5.74) is 3.76. The molecule has 0 atom stereocenters. The minimum Gasteiger partial charge on any atom is -0.269 e. The van der Waals surface area contributed by atoms with Gasteiger partial charge in [0.15, 0.2) is 0 Å². The van der Waals surface area contributed by atoms with Gasteiger partial charge in [-0.1, -0.05) is 27.7 Å². The number of aromatic nitrogens is 2. The van der Waals surface area contributed by atoms with Gasteiger partial charge in [0.05, 0.1) is 11.6 Å². The highest BCUT2D eigenvalue weighted by molar-refractivity contribution is 6.17. The zero-order valence-electron chi connectivity index (χ0n) is 10.9. The van der Waals surface area contributed by atoms with E-state index in [1.807, 2.05) is 0 Å². The average molecular weight is 243 g/mol. The molecule has 0 N–H and O–H groups in total. The van der Waals surface area contributed by atoms with Gasteiger partial charge in [-0.15, -0.1) is 11.6 Å². The second-order valence-electron chi connectivity index (χ2n) is 4.62. The standard InChI is InChI=1S/C13H23ClN2/c1-5-12-11(9-14)13(6-2)16(15-12)8-7-10(3)4/h10H,5-9H2,1-4H3. The lowest BCUT2D eigenvalue weighted by Gasteiger charge is -2.08. The molecule has 0 radical (unpaired) electrons. The van der Waals surface area contributed by atoms with E-state index in [0.717, 1.165) is 25.3 Å². The van der Waals surface area contributed by atoms with Crippen molar-refractivity contribution in [3.05, 3.63) is 17.0 Å². The van der Waals surface area contributed by atoms with Crippen LogP contribution < -0.4 is 0 Å². The molecule has 0 amide bonds. The van der Waals surface area contributed by atoms with Gasteiger partial charge in [-0.3, -0.25) is 4.68 Å². The molecule has 0 aliphatic rings. The second kappa shape index (κ2) is 6.29. The van der Waals surface area contributed by atoms with Gasteiger partial charge < -0.3 is 0 Å². The lowest BCUT2D eigenvalue weighted by Crippen LogP contribution is -2.07. The Kier molecular flexibility index (Phi) is 5.33. The Bertz CT molecular complexity index is 329. The predicted molar refractivity (Wildman–Crippen MR) is 70.0 cm³/mol. The summed E-state index contributed by atoms with van der Waals surface area (Å²) < 4.78 is 2.16. The van der Waals surface area contributed by atoms with Crippen LogP contribution in [0.3, 0.4) is 0 Å². The van der Waals surface area contributed by atoms with Crippen LogP contribution >= 0.6 is 11.6 Å². The first kappa shape index (κ1) is 13.6. The number of nitrogens with zero attached hydrogens (tertiary/aromatic N) is 2. The molecule has 3 heteroatoms. The Morgan fingerprint density at radius 1 is 1.25 bits per heavy atom. The van der Waals surface area contributed by atoms with Gasteiger partial charge in [-0.25, -0.2) is 0 Å². The molecule has 0 aliphatic carbocycles. The monoisotopic (exact) mass is 242 g/mol. The fraction of sp³-hybridized carbons (Fsp3) is 0.769. The Hall–Kier alpha value is -0.500. The van der Waals surface area contributed by atoms with Crippen molar-refractivity contribution in [3.63, 3.8) is 0 Å². The van der Waals surface area contributed by atoms with Crippen LogP contribution in [-0.4, -0.2) is 9.78 Å². The van der Waals surface area contributed by atoms with E-state index < -0.39 is 0 Å². The van der Waals surface area contributed by atoms with Crippen molar-refractivity contribution in [2.24, 2.45) is 5.92 Å². The van der Waals surface area contributed by atoms with Crippen molar-refractivity contribution in [1.29, 1.82) is 0 Å². The molecule has 0 spiro atoms. The van der Waals surface area contributed by atoms with Gasteiger partial charge in [0.1, 0.15) is 0 Å². The van der Waals surface area contributed by atoms with Gasteiger partial charge in [-0.2, -0.15) is 5.10 Å². The van der Waals surface area contributed by atoms with E-state index >= 15 is 0 Å². The maximum Gasteiger partial charge on any atom is 0.0668 e. The van der Waals surface area contributed by atoms with Crippen molar-refractivity contribution < 1.29 is 0 Å². The summed E-state index contributed by atoms with van der Waals surface area (Å²) in [5.74, 6) is 1.31. The van der Waals surface area contributed by atoms with Crippen LogP contribution in [0.15, 0.2) is 0 Å². The van der Waals surface area contributed by atoms with E-state index in [2.05, 4.69) is 37.5 Å². The quantitative estimate of drug-likeness (QED) is 0.694. The van der Waals surface area contributed by atoms with Crippen molar-refractivity contribution in [3.8, 4) is 0 Å². The molecule has 1 aromatic heterocycles. The van der Waals surface area contributed by atoms with Crippen molar-refractivity contribution in [1.82, 2.24) is 9.78 Å². The van der Waals surface area contributed by atoms with Crippen molar-refractivity contribution in [2.75, 3.05) is 0 Å². The molecule has 0 unspecified atom stereocenters. The lowest BCUT2D eigenvalue weighted by atomic mass is 10.1. The van der Waals surface area contributed by atoms with Crippen LogP contribution in [0, 0.1) is 5.92 Å². The van der Waals surface area contributed by atoms with E-state index in [1.165, 1.54) is 23.4 Å². The molecular weight excluding hydrogens is 220 g/mol. The average Bonchev–Trinajstić information content (AvgIpc) is 2.62. The molecule has 16 heavy (non-hydrogen) atoms. The summed E-state index contributed by atoms with van der Waals surface area (Å²) in [7, 11) is 0. The third kappa shape index (κ3) is 3.00. The summed E-state index contributed by atoms with van der Waals surface area (Å²) in [6.45, 7) is 9.84. The van der Waals surface area contributed by atoms with Crippen LogP contribution in [0.2, 0.25) is 0 Å². The number of hydrogen-bond acceptors (Lipinski definition) is 1. The number of hydrogen-bond donors (Lipinski definition) is 0.